The normalized spacial score (nSPS) is 14.2. The van der Waals surface area contributed by atoms with E-state index in [0.717, 1.165) is 38.5 Å². The second kappa shape index (κ2) is 27.1. The molecule has 0 aromatic rings. The monoisotopic (exact) mass is 623 g/mol. The molecule has 0 aliphatic carbocycles. The minimum atomic E-state index is -4.68. The molecule has 0 saturated carbocycles. The maximum Gasteiger partial charge on any atom is 0.472 e. The van der Waals surface area contributed by atoms with Crippen LogP contribution < -0.4 is 5.73 Å². The largest absolute Gasteiger partial charge is 0.480 e. The van der Waals surface area contributed by atoms with E-state index in [-0.39, 0.29) is 19.4 Å². The van der Waals surface area contributed by atoms with Gasteiger partial charge in [-0.3, -0.25) is 23.4 Å². The van der Waals surface area contributed by atoms with Crippen LogP contribution in [0, 0.1) is 0 Å². The van der Waals surface area contributed by atoms with Crippen LogP contribution in [0.5, 0.6) is 0 Å². The molecule has 0 aliphatic heterocycles. The minimum absolute atomic E-state index is 0.167. The summed E-state index contributed by atoms with van der Waals surface area (Å²) in [5, 5.41) is 8.79. The first-order valence-corrected chi connectivity index (χ1v) is 17.6. The van der Waals surface area contributed by atoms with Crippen molar-refractivity contribution < 1.29 is 47.5 Å². The van der Waals surface area contributed by atoms with Gasteiger partial charge in [-0.15, -0.1) is 0 Å². The Morgan fingerprint density at radius 2 is 1.05 bits per heavy atom. The van der Waals surface area contributed by atoms with Gasteiger partial charge in [0.15, 0.2) is 6.10 Å². The van der Waals surface area contributed by atoms with Crippen molar-refractivity contribution in [1.82, 2.24) is 0 Å². The van der Waals surface area contributed by atoms with E-state index in [1.165, 1.54) is 64.2 Å². The molecule has 248 valence electrons. The van der Waals surface area contributed by atoms with Crippen molar-refractivity contribution in [3.63, 3.8) is 0 Å². The molecule has 0 spiro atoms. The van der Waals surface area contributed by atoms with Gasteiger partial charge >= 0.3 is 25.7 Å². The number of carboxylic acid groups (broad SMARTS) is 1. The van der Waals surface area contributed by atoms with Crippen LogP contribution in [-0.2, 0) is 37.5 Å². The number of carboxylic acids is 1. The average molecular weight is 624 g/mol. The highest BCUT2D eigenvalue weighted by Crippen LogP contribution is 2.43. The molecule has 11 nitrogen and oxygen atoms in total. The first kappa shape index (κ1) is 40.5. The van der Waals surface area contributed by atoms with E-state index in [2.05, 4.69) is 18.4 Å². The third kappa shape index (κ3) is 26.1. The third-order valence-electron chi connectivity index (χ3n) is 6.86. The molecule has 12 heteroatoms. The van der Waals surface area contributed by atoms with Crippen molar-refractivity contribution in [2.75, 3.05) is 19.8 Å². The summed E-state index contributed by atoms with van der Waals surface area (Å²) >= 11 is 0. The second-order valence-corrected chi connectivity index (χ2v) is 12.4. The Labute approximate surface area is 253 Å². The fraction of sp³-hybridized carbons (Fsp3) is 0.900. The first-order valence-electron chi connectivity index (χ1n) is 16.1. The number of ether oxygens (including phenoxy) is 2. The predicted molar refractivity (Wildman–Crippen MR) is 162 cm³/mol. The Bertz CT molecular complexity index is 752. The summed E-state index contributed by atoms with van der Waals surface area (Å²) in [6.07, 6.45) is 19.7. The number of hydrogen-bond acceptors (Lipinski definition) is 9. The molecule has 0 saturated heterocycles. The number of rotatable bonds is 30. The summed E-state index contributed by atoms with van der Waals surface area (Å²) in [5.41, 5.74) is 5.27. The summed E-state index contributed by atoms with van der Waals surface area (Å²) in [4.78, 5) is 45.1. The van der Waals surface area contributed by atoms with Crippen LogP contribution >= 0.6 is 7.82 Å². The number of phosphoric acid groups is 1. The van der Waals surface area contributed by atoms with E-state index in [0.29, 0.717) is 12.8 Å². The van der Waals surface area contributed by atoms with Gasteiger partial charge in [0.05, 0.1) is 13.2 Å². The van der Waals surface area contributed by atoms with Gasteiger partial charge in [-0.25, -0.2) is 4.57 Å². The van der Waals surface area contributed by atoms with Gasteiger partial charge in [-0.05, 0) is 12.8 Å². The van der Waals surface area contributed by atoms with Crippen LogP contribution in [0.25, 0.3) is 0 Å². The van der Waals surface area contributed by atoms with E-state index in [1.807, 2.05) is 0 Å². The van der Waals surface area contributed by atoms with Crippen molar-refractivity contribution in [3.8, 4) is 0 Å². The van der Waals surface area contributed by atoms with Crippen LogP contribution in [0.15, 0.2) is 0 Å². The zero-order valence-corrected chi connectivity index (χ0v) is 27.0. The SMILES string of the molecule is CCCCCCCCCCCCCCCCC(=O)OC(COC(=O)CCCCCC)COP(=O)(O)OCC(N)C(=O)O. The van der Waals surface area contributed by atoms with E-state index in [1.54, 1.807) is 0 Å². The molecule has 0 rings (SSSR count). The summed E-state index contributed by atoms with van der Waals surface area (Å²) in [5.74, 6) is -2.39. The fourth-order valence-electron chi connectivity index (χ4n) is 4.24. The Morgan fingerprint density at radius 3 is 1.52 bits per heavy atom. The molecule has 0 bridgehead atoms. The number of aliphatic carboxylic acids is 1. The molecular formula is C30H58NO10P. The zero-order valence-electron chi connectivity index (χ0n) is 26.1. The summed E-state index contributed by atoms with van der Waals surface area (Å²) in [7, 11) is -4.68. The number of phosphoric ester groups is 1. The lowest BCUT2D eigenvalue weighted by Crippen LogP contribution is -2.34. The van der Waals surface area contributed by atoms with Gasteiger partial charge in [0.2, 0.25) is 0 Å². The number of esters is 2. The maximum absolute atomic E-state index is 12.4. The van der Waals surface area contributed by atoms with Gasteiger partial charge in [-0.1, -0.05) is 117 Å². The van der Waals surface area contributed by atoms with Crippen LogP contribution in [0.1, 0.15) is 142 Å². The Morgan fingerprint density at radius 1 is 0.643 bits per heavy atom. The van der Waals surface area contributed by atoms with Gasteiger partial charge in [0.1, 0.15) is 12.6 Å². The Kier molecular flexibility index (Phi) is 26.1. The smallest absolute Gasteiger partial charge is 0.472 e. The molecule has 42 heavy (non-hydrogen) atoms. The first-order chi connectivity index (χ1) is 20.1. The van der Waals surface area contributed by atoms with Gasteiger partial charge < -0.3 is 25.2 Å². The number of nitrogens with two attached hydrogens (primary N) is 1. The molecular weight excluding hydrogens is 565 g/mol. The van der Waals surface area contributed by atoms with Crippen molar-refractivity contribution in [1.29, 1.82) is 0 Å². The highest BCUT2D eigenvalue weighted by Gasteiger charge is 2.28. The number of hydrogen-bond donors (Lipinski definition) is 3. The standard InChI is InChI=1S/C30H58NO10P/c1-3-5-7-9-10-11-12-13-14-15-16-17-18-20-22-29(33)41-26(23-38-28(32)21-19-8-6-4-2)24-39-42(36,37)40-25-27(31)30(34)35/h26-27H,3-25,31H2,1-2H3,(H,34,35)(H,36,37). The number of carbonyl (C=O) groups is 3. The van der Waals surface area contributed by atoms with E-state index < -0.39 is 51.1 Å². The van der Waals surface area contributed by atoms with Crippen molar-refractivity contribution in [2.45, 2.75) is 154 Å². The molecule has 0 radical (unpaired) electrons. The number of carbonyl (C=O) groups excluding carboxylic acids is 2. The van der Waals surface area contributed by atoms with Crippen LogP contribution in [0.2, 0.25) is 0 Å². The van der Waals surface area contributed by atoms with Crippen LogP contribution in [0.3, 0.4) is 0 Å². The highest BCUT2D eigenvalue weighted by atomic mass is 31.2. The molecule has 0 aromatic heterocycles. The predicted octanol–water partition coefficient (Wildman–Crippen LogP) is 6.83. The quantitative estimate of drug-likeness (QED) is 0.0435. The van der Waals surface area contributed by atoms with E-state index in [9.17, 15) is 23.8 Å². The zero-order chi connectivity index (χ0) is 31.5. The van der Waals surface area contributed by atoms with E-state index >= 15 is 0 Å². The summed E-state index contributed by atoms with van der Waals surface area (Å²) in [6.45, 7) is 2.63. The minimum Gasteiger partial charge on any atom is -0.480 e. The van der Waals surface area contributed by atoms with Crippen LogP contribution in [0.4, 0.5) is 0 Å². The molecule has 3 unspecified atom stereocenters. The molecule has 0 fully saturated rings. The van der Waals surface area contributed by atoms with Gasteiger partial charge in [-0.2, -0.15) is 0 Å². The second-order valence-electron chi connectivity index (χ2n) is 11.0. The lowest BCUT2D eigenvalue weighted by atomic mass is 10.0. The van der Waals surface area contributed by atoms with Crippen molar-refractivity contribution >= 4 is 25.7 Å². The van der Waals surface area contributed by atoms with Gasteiger partial charge in [0, 0.05) is 12.8 Å². The third-order valence-corrected chi connectivity index (χ3v) is 7.81. The summed E-state index contributed by atoms with van der Waals surface area (Å²) < 4.78 is 32.1. The summed E-state index contributed by atoms with van der Waals surface area (Å²) in [6, 6.07) is -1.51. The molecule has 0 aromatic carbocycles. The molecule has 4 N–H and O–H groups in total. The molecule has 0 amide bonds. The average Bonchev–Trinajstić information content (AvgIpc) is 2.95. The van der Waals surface area contributed by atoms with Crippen molar-refractivity contribution in [3.05, 3.63) is 0 Å². The fourth-order valence-corrected chi connectivity index (χ4v) is 5.02. The van der Waals surface area contributed by atoms with Crippen molar-refractivity contribution in [2.24, 2.45) is 5.73 Å². The lowest BCUT2D eigenvalue weighted by Gasteiger charge is -2.20. The topological polar surface area (TPSA) is 172 Å². The van der Waals surface area contributed by atoms with E-state index in [4.69, 9.17) is 24.8 Å². The molecule has 0 heterocycles. The molecule has 3 atom stereocenters. The van der Waals surface area contributed by atoms with Gasteiger partial charge in [0.25, 0.3) is 0 Å². The Hall–Kier alpha value is -1.52. The van der Waals surface area contributed by atoms with Crippen LogP contribution in [-0.4, -0.2) is 59.9 Å². The maximum atomic E-state index is 12.4. The highest BCUT2D eigenvalue weighted by molar-refractivity contribution is 7.47. The lowest BCUT2D eigenvalue weighted by molar-refractivity contribution is -0.161. The number of unbranched alkanes of at least 4 members (excludes halogenated alkanes) is 16. The Balaban J connectivity index is 4.36. The molecule has 0 aliphatic rings.